The minimum Gasteiger partial charge on any atom is -0.406 e. The largest absolute Gasteiger partial charge is 0.573 e. The first-order valence-corrected chi connectivity index (χ1v) is 10.4. The lowest BCUT2D eigenvalue weighted by Gasteiger charge is -2.21. The summed E-state index contributed by atoms with van der Waals surface area (Å²) in [5, 5.41) is 2.63. The molecule has 2 aromatic carbocycles. The van der Waals surface area contributed by atoms with E-state index in [0.29, 0.717) is 28.6 Å². The molecular formula is C24H21F4N3O2. The van der Waals surface area contributed by atoms with Crippen molar-refractivity contribution in [3.05, 3.63) is 72.2 Å². The molecule has 0 saturated carbocycles. The van der Waals surface area contributed by atoms with Gasteiger partial charge in [0.05, 0.1) is 5.56 Å². The quantitative estimate of drug-likeness (QED) is 0.484. The van der Waals surface area contributed by atoms with Crippen molar-refractivity contribution in [2.45, 2.75) is 19.7 Å². The second-order valence-corrected chi connectivity index (χ2v) is 7.97. The van der Waals surface area contributed by atoms with Crippen molar-refractivity contribution in [2.24, 2.45) is 5.92 Å². The molecule has 1 aliphatic heterocycles. The standard InChI is InChI=1S/C24H21F4N3O2/c1-15-9-10-31(14-15)22-21(16-3-2-4-18(25)11-16)12-17(13-29-22)23(32)30-19-5-7-20(8-6-19)33-24(26,27)28/h2-8,11-13,15H,9-10,14H2,1H3,(H,30,32)/t15-/m1/s1. The number of anilines is 2. The van der Waals surface area contributed by atoms with Gasteiger partial charge in [0.15, 0.2) is 0 Å². The van der Waals surface area contributed by atoms with E-state index >= 15 is 0 Å². The van der Waals surface area contributed by atoms with Crippen LogP contribution in [0, 0.1) is 11.7 Å². The lowest BCUT2D eigenvalue weighted by Crippen LogP contribution is -2.22. The van der Waals surface area contributed by atoms with Gasteiger partial charge in [-0.3, -0.25) is 4.79 Å². The molecule has 0 radical (unpaired) electrons. The zero-order valence-corrected chi connectivity index (χ0v) is 17.7. The Labute approximate surface area is 188 Å². The van der Waals surface area contributed by atoms with Crippen molar-refractivity contribution < 1.29 is 27.1 Å². The lowest BCUT2D eigenvalue weighted by atomic mass is 10.0. The van der Waals surface area contributed by atoms with Gasteiger partial charge < -0.3 is 15.0 Å². The predicted molar refractivity (Wildman–Crippen MR) is 117 cm³/mol. The smallest absolute Gasteiger partial charge is 0.406 e. The van der Waals surface area contributed by atoms with Crippen LogP contribution in [0.4, 0.5) is 29.1 Å². The van der Waals surface area contributed by atoms with E-state index in [1.807, 2.05) is 0 Å². The second kappa shape index (κ2) is 9.09. The van der Waals surface area contributed by atoms with Crippen LogP contribution in [-0.2, 0) is 0 Å². The molecule has 33 heavy (non-hydrogen) atoms. The Morgan fingerprint density at radius 2 is 1.91 bits per heavy atom. The highest BCUT2D eigenvalue weighted by atomic mass is 19.4. The highest BCUT2D eigenvalue weighted by Crippen LogP contribution is 2.33. The molecule has 1 aliphatic rings. The van der Waals surface area contributed by atoms with Crippen LogP contribution in [0.3, 0.4) is 0 Å². The first-order chi connectivity index (χ1) is 15.7. The first kappa shape index (κ1) is 22.6. The van der Waals surface area contributed by atoms with Crippen LogP contribution in [0.1, 0.15) is 23.7 Å². The van der Waals surface area contributed by atoms with Gasteiger partial charge in [0.1, 0.15) is 17.4 Å². The van der Waals surface area contributed by atoms with Gasteiger partial charge in [-0.25, -0.2) is 9.37 Å². The van der Waals surface area contributed by atoms with Crippen molar-refractivity contribution in [3.63, 3.8) is 0 Å². The van der Waals surface area contributed by atoms with Crippen molar-refractivity contribution in [3.8, 4) is 16.9 Å². The number of aromatic nitrogens is 1. The summed E-state index contributed by atoms with van der Waals surface area (Å²) in [5.41, 5.74) is 1.76. The normalized spacial score (nSPS) is 16.0. The van der Waals surface area contributed by atoms with Gasteiger partial charge in [0.2, 0.25) is 0 Å². The number of ether oxygens (including phenoxy) is 1. The fourth-order valence-electron chi connectivity index (χ4n) is 3.77. The SMILES string of the molecule is C[C@@H]1CCN(c2ncc(C(=O)Nc3ccc(OC(F)(F)F)cc3)cc2-c2cccc(F)c2)C1. The van der Waals surface area contributed by atoms with Crippen molar-refractivity contribution in [1.29, 1.82) is 0 Å². The molecule has 4 rings (SSSR count). The van der Waals surface area contributed by atoms with Gasteiger partial charge in [0, 0.05) is 30.5 Å². The summed E-state index contributed by atoms with van der Waals surface area (Å²) in [6, 6.07) is 12.6. The van der Waals surface area contributed by atoms with E-state index in [1.54, 1.807) is 18.2 Å². The Morgan fingerprint density at radius 3 is 2.55 bits per heavy atom. The molecule has 9 heteroatoms. The fourth-order valence-corrected chi connectivity index (χ4v) is 3.77. The number of benzene rings is 2. The molecule has 5 nitrogen and oxygen atoms in total. The average Bonchev–Trinajstić information content (AvgIpc) is 3.20. The first-order valence-electron chi connectivity index (χ1n) is 10.4. The monoisotopic (exact) mass is 459 g/mol. The van der Waals surface area contributed by atoms with Crippen molar-refractivity contribution in [1.82, 2.24) is 4.98 Å². The zero-order chi connectivity index (χ0) is 23.6. The summed E-state index contributed by atoms with van der Waals surface area (Å²) < 4.78 is 54.7. The van der Waals surface area contributed by atoms with Crippen molar-refractivity contribution in [2.75, 3.05) is 23.3 Å². The van der Waals surface area contributed by atoms with Crippen LogP contribution in [0.25, 0.3) is 11.1 Å². The third kappa shape index (κ3) is 5.60. The van der Waals surface area contributed by atoms with Crippen LogP contribution < -0.4 is 15.0 Å². The number of hydrogen-bond acceptors (Lipinski definition) is 4. The van der Waals surface area contributed by atoms with Gasteiger partial charge in [-0.1, -0.05) is 19.1 Å². The number of amides is 1. The molecule has 1 saturated heterocycles. The van der Waals surface area contributed by atoms with Crippen LogP contribution in [0.15, 0.2) is 60.8 Å². The van der Waals surface area contributed by atoms with Crippen LogP contribution in [0.2, 0.25) is 0 Å². The number of carbonyl (C=O) groups excluding carboxylic acids is 1. The molecule has 1 amide bonds. The summed E-state index contributed by atoms with van der Waals surface area (Å²) >= 11 is 0. The molecule has 1 aromatic heterocycles. The molecule has 1 fully saturated rings. The third-order valence-corrected chi connectivity index (χ3v) is 5.33. The van der Waals surface area contributed by atoms with Crippen LogP contribution >= 0.6 is 0 Å². The summed E-state index contributed by atoms with van der Waals surface area (Å²) in [5.74, 6) is -0.107. The molecule has 2 heterocycles. The van der Waals surface area contributed by atoms with Gasteiger partial charge >= 0.3 is 6.36 Å². The third-order valence-electron chi connectivity index (χ3n) is 5.33. The van der Waals surface area contributed by atoms with E-state index in [9.17, 15) is 22.4 Å². The van der Waals surface area contributed by atoms with Gasteiger partial charge in [-0.15, -0.1) is 13.2 Å². The summed E-state index contributed by atoms with van der Waals surface area (Å²) in [7, 11) is 0. The lowest BCUT2D eigenvalue weighted by molar-refractivity contribution is -0.274. The molecule has 0 aliphatic carbocycles. The van der Waals surface area contributed by atoms with E-state index in [4.69, 9.17) is 0 Å². The molecule has 3 aromatic rings. The summed E-state index contributed by atoms with van der Waals surface area (Å²) in [6.07, 6.45) is -2.34. The molecule has 0 unspecified atom stereocenters. The maximum atomic E-state index is 13.9. The number of carbonyl (C=O) groups is 1. The molecule has 172 valence electrons. The Bertz CT molecular complexity index is 1150. The van der Waals surface area contributed by atoms with E-state index < -0.39 is 18.1 Å². The summed E-state index contributed by atoms with van der Waals surface area (Å²) in [4.78, 5) is 19.4. The number of hydrogen-bond donors (Lipinski definition) is 1. The predicted octanol–water partition coefficient (Wildman–Crippen LogP) is 5.88. The van der Waals surface area contributed by atoms with Crippen molar-refractivity contribution >= 4 is 17.4 Å². The highest BCUT2D eigenvalue weighted by Gasteiger charge is 2.31. The maximum Gasteiger partial charge on any atom is 0.573 e. The van der Waals surface area contributed by atoms with Gasteiger partial charge in [-0.2, -0.15) is 0 Å². The average molecular weight is 459 g/mol. The molecule has 1 N–H and O–H groups in total. The van der Waals surface area contributed by atoms with Crippen LogP contribution in [-0.4, -0.2) is 30.3 Å². The number of pyridine rings is 1. The van der Waals surface area contributed by atoms with Gasteiger partial charge in [-0.05, 0) is 60.4 Å². The van der Waals surface area contributed by atoms with E-state index in [2.05, 4.69) is 26.9 Å². The summed E-state index contributed by atoms with van der Waals surface area (Å²) in [6.45, 7) is 3.77. The van der Waals surface area contributed by atoms with E-state index in [1.165, 1.54) is 30.5 Å². The minimum atomic E-state index is -4.79. The van der Waals surface area contributed by atoms with Gasteiger partial charge in [0.25, 0.3) is 5.91 Å². The number of alkyl halides is 3. The number of halogens is 4. The topological polar surface area (TPSA) is 54.5 Å². The Morgan fingerprint density at radius 1 is 1.15 bits per heavy atom. The molecular weight excluding hydrogens is 438 g/mol. The van der Waals surface area contributed by atoms with Crippen LogP contribution in [0.5, 0.6) is 5.75 Å². The van der Waals surface area contributed by atoms with E-state index in [-0.39, 0.29) is 11.3 Å². The Kier molecular flexibility index (Phi) is 6.22. The second-order valence-electron chi connectivity index (χ2n) is 7.97. The Hall–Kier alpha value is -3.62. The highest BCUT2D eigenvalue weighted by molar-refractivity contribution is 6.05. The van der Waals surface area contributed by atoms with E-state index in [0.717, 1.165) is 31.6 Å². The minimum absolute atomic E-state index is 0.237. The maximum absolute atomic E-state index is 13.9. The Balaban J connectivity index is 1.60. The molecule has 1 atom stereocenters. The fraction of sp³-hybridized carbons (Fsp3) is 0.250. The molecule has 0 bridgehead atoms. The number of rotatable bonds is 5. The number of nitrogens with one attached hydrogen (secondary N) is 1. The number of nitrogens with zero attached hydrogens (tertiary/aromatic N) is 2. The molecule has 0 spiro atoms. The zero-order valence-electron chi connectivity index (χ0n) is 17.7.